The third kappa shape index (κ3) is 12.0. The molecule has 12 rings (SSSR count). The lowest BCUT2D eigenvalue weighted by Gasteiger charge is -2.39. The maximum absolute atomic E-state index is 4.84. The second kappa shape index (κ2) is 23.3. The zero-order chi connectivity index (χ0) is 52.7. The number of rotatable bonds is 9. The fourth-order valence-corrected chi connectivity index (χ4v) is 13.8. The Morgan fingerprint density at radius 3 is 1.60 bits per heavy atom. The third-order valence-corrected chi connectivity index (χ3v) is 17.3. The van der Waals surface area contributed by atoms with Gasteiger partial charge in [0.1, 0.15) is 11.2 Å². The van der Waals surface area contributed by atoms with Crippen LogP contribution in [-0.2, 0) is 58.5 Å². The number of hydrogen-bond acceptors (Lipinski definition) is 13. The minimum Gasteiger partial charge on any atom is -0.342 e. The van der Waals surface area contributed by atoms with Gasteiger partial charge in [-0.3, -0.25) is 19.7 Å². The van der Waals surface area contributed by atoms with Gasteiger partial charge in [0.05, 0.1) is 23.6 Å². The fraction of sp³-hybridized carbons (Fsp3) is 0.661. The van der Waals surface area contributed by atoms with Gasteiger partial charge in [0.25, 0.3) is 0 Å². The minimum absolute atomic E-state index is 0.577. The van der Waals surface area contributed by atoms with E-state index < -0.39 is 0 Å². The molecule has 0 saturated carbocycles. The van der Waals surface area contributed by atoms with Crippen molar-refractivity contribution in [3.05, 3.63) is 81.4 Å². The molecule has 0 aliphatic carbocycles. The van der Waals surface area contributed by atoms with Crippen LogP contribution in [0.1, 0.15) is 92.3 Å². The van der Waals surface area contributed by atoms with E-state index in [2.05, 4.69) is 159 Å². The first kappa shape index (κ1) is 54.0. The van der Waals surface area contributed by atoms with Gasteiger partial charge in [-0.25, -0.2) is 15.0 Å². The lowest BCUT2D eigenvalue weighted by molar-refractivity contribution is 0.112. The zero-order valence-corrected chi connectivity index (χ0v) is 48.0. The van der Waals surface area contributed by atoms with Gasteiger partial charge >= 0.3 is 0 Å². The highest BCUT2D eigenvalue weighted by molar-refractivity contribution is 5.86. The summed E-state index contributed by atoms with van der Waals surface area (Å²) in [5.74, 6) is 0. The number of fused-ring (bicyclic) bond motifs is 9. The maximum atomic E-state index is 4.84. The molecule has 3 N–H and O–H groups in total. The monoisotopic (exact) mass is 1020 g/mol. The van der Waals surface area contributed by atoms with Crippen LogP contribution in [-0.4, -0.2) is 199 Å². The van der Waals surface area contributed by atoms with Crippen molar-refractivity contribution >= 4 is 33.1 Å². The highest BCUT2D eigenvalue weighted by Gasteiger charge is 2.30. The standard InChI is InChI=1S/2C20H31N5.C19H30N6/c1-14-9-17-18-13-23(4)6-5-19(18)25(20(17)10-21-14)8-7-24-11-15(2)22-16(3)12-24;1-14-9-17-18-13-23(4)6-5-19(18)25(20(17)21-10-14)8-7-24-11-15(2)22-16(3)12-24;1-13-9-21-19-18(22-13)16-12-23(4)6-5-17(16)25(19)8-7-24-14(2)10-20-11-15(24)3/h2*9-10,15-16,22H,5-8,11-13H2,1-4H3;9,14-15,20H,5-8,10-12H2,1-4H3. The Kier molecular flexibility index (Phi) is 16.8. The molecular formula is C59H92N16. The van der Waals surface area contributed by atoms with Crippen molar-refractivity contribution in [1.29, 1.82) is 0 Å². The van der Waals surface area contributed by atoms with Crippen LogP contribution in [0.3, 0.4) is 0 Å². The molecule has 0 aromatic carbocycles. The van der Waals surface area contributed by atoms with Crippen LogP contribution < -0.4 is 16.0 Å². The molecule has 16 nitrogen and oxygen atoms in total. The Morgan fingerprint density at radius 1 is 0.507 bits per heavy atom. The third-order valence-electron chi connectivity index (χ3n) is 17.3. The zero-order valence-electron chi connectivity index (χ0n) is 48.0. The van der Waals surface area contributed by atoms with E-state index in [1.54, 1.807) is 0 Å². The molecule has 0 spiro atoms. The van der Waals surface area contributed by atoms with Gasteiger partial charge in [0.15, 0.2) is 5.65 Å². The summed E-state index contributed by atoms with van der Waals surface area (Å²) in [6, 6.07) is 8.09. The van der Waals surface area contributed by atoms with Crippen molar-refractivity contribution in [2.24, 2.45) is 0 Å². The molecule has 16 heteroatoms. The topological polar surface area (TPSA) is 122 Å². The van der Waals surface area contributed by atoms with E-state index >= 15 is 0 Å². The molecule has 6 unspecified atom stereocenters. The first-order valence-electron chi connectivity index (χ1n) is 28.8. The summed E-state index contributed by atoms with van der Waals surface area (Å²) in [7, 11) is 6.64. The predicted molar refractivity (Wildman–Crippen MR) is 307 cm³/mol. The van der Waals surface area contributed by atoms with Crippen LogP contribution >= 0.6 is 0 Å². The summed E-state index contributed by atoms with van der Waals surface area (Å²) >= 11 is 0. The van der Waals surface area contributed by atoms with Gasteiger partial charge in [-0.2, -0.15) is 0 Å². The maximum Gasteiger partial charge on any atom is 0.159 e. The van der Waals surface area contributed by atoms with Gasteiger partial charge in [0.2, 0.25) is 0 Å². The molecule has 6 aromatic rings. The minimum atomic E-state index is 0.577. The summed E-state index contributed by atoms with van der Waals surface area (Å²) in [6.07, 6.45) is 9.39. The lowest BCUT2D eigenvalue weighted by atomic mass is 10.1. The van der Waals surface area contributed by atoms with Gasteiger partial charge in [0, 0.05) is 219 Å². The number of nitrogens with one attached hydrogen (secondary N) is 3. The molecule has 6 aliphatic heterocycles. The Hall–Kier alpha value is -4.36. The molecular weight excluding hydrogens is 933 g/mol. The molecule has 12 heterocycles. The van der Waals surface area contributed by atoms with Crippen molar-refractivity contribution in [2.75, 3.05) is 99.7 Å². The van der Waals surface area contributed by atoms with Gasteiger partial charge in [-0.1, -0.05) is 0 Å². The molecule has 408 valence electrons. The van der Waals surface area contributed by atoms with Crippen LogP contribution in [0.25, 0.3) is 33.1 Å². The average Bonchev–Trinajstić information content (AvgIpc) is 3.95. The summed E-state index contributed by atoms with van der Waals surface area (Å²) in [5.41, 5.74) is 17.0. The van der Waals surface area contributed by atoms with E-state index in [1.807, 2.05) is 19.3 Å². The fourth-order valence-electron chi connectivity index (χ4n) is 13.8. The Morgan fingerprint density at radius 2 is 1.00 bits per heavy atom. The van der Waals surface area contributed by atoms with Crippen LogP contribution in [0.4, 0.5) is 0 Å². The largest absolute Gasteiger partial charge is 0.342 e. The van der Waals surface area contributed by atoms with E-state index in [-0.39, 0.29) is 0 Å². The van der Waals surface area contributed by atoms with E-state index in [0.29, 0.717) is 36.3 Å². The Labute approximate surface area is 448 Å². The molecule has 6 aromatic heterocycles. The van der Waals surface area contributed by atoms with E-state index in [0.717, 1.165) is 160 Å². The van der Waals surface area contributed by atoms with Crippen molar-refractivity contribution in [3.8, 4) is 0 Å². The molecule has 6 atom stereocenters. The van der Waals surface area contributed by atoms with E-state index in [4.69, 9.17) is 15.0 Å². The molecule has 3 fully saturated rings. The molecule has 3 saturated heterocycles. The van der Waals surface area contributed by atoms with Gasteiger partial charge in [-0.15, -0.1) is 0 Å². The molecule has 0 bridgehead atoms. The quantitative estimate of drug-likeness (QED) is 0.171. The second-order valence-corrected chi connectivity index (χ2v) is 24.2. The smallest absolute Gasteiger partial charge is 0.159 e. The van der Waals surface area contributed by atoms with Crippen molar-refractivity contribution < 1.29 is 0 Å². The predicted octanol–water partition coefficient (Wildman–Crippen LogP) is 5.44. The van der Waals surface area contributed by atoms with Crippen molar-refractivity contribution in [1.82, 2.24) is 79.0 Å². The first-order valence-corrected chi connectivity index (χ1v) is 28.8. The number of likely N-dealkylation sites (N-methyl/N-ethyl adjacent to an activating group) is 3. The van der Waals surface area contributed by atoms with Gasteiger partial charge in [-0.05, 0) is 112 Å². The number of nitrogens with zero attached hydrogens (tertiary/aromatic N) is 13. The SMILES string of the molecule is Cc1cc2c3c(n(CCN4CC(C)NC(C)C4)c2cn1)CCN(C)C3.Cc1cnc2c(c1)c1c(n2CCN2CC(C)NC(C)C2)CCN(C)C1.Cc1cnc2c(n1)c1c(n2CCN2C(C)CNCC2C)CCN(C)C1. The van der Waals surface area contributed by atoms with E-state index in [9.17, 15) is 0 Å². The lowest BCUT2D eigenvalue weighted by Crippen LogP contribution is -2.55. The average molecular weight is 1030 g/mol. The molecule has 75 heavy (non-hydrogen) atoms. The van der Waals surface area contributed by atoms with Crippen LogP contribution in [0, 0.1) is 20.8 Å². The highest BCUT2D eigenvalue weighted by Crippen LogP contribution is 2.33. The summed E-state index contributed by atoms with van der Waals surface area (Å²) in [5, 5.41) is 13.6. The molecule has 0 radical (unpaired) electrons. The summed E-state index contributed by atoms with van der Waals surface area (Å²) in [4.78, 5) is 34.1. The van der Waals surface area contributed by atoms with Gasteiger partial charge < -0.3 is 44.4 Å². The molecule has 0 amide bonds. The first-order chi connectivity index (χ1) is 36.1. The summed E-state index contributed by atoms with van der Waals surface area (Å²) in [6.45, 7) is 39.7. The Balaban J connectivity index is 0.000000128. The Bertz CT molecular complexity index is 2760. The normalized spacial score (nSPS) is 25.4. The number of aromatic nitrogens is 7. The second-order valence-electron chi connectivity index (χ2n) is 24.2. The van der Waals surface area contributed by atoms with Crippen LogP contribution in [0.2, 0.25) is 0 Å². The summed E-state index contributed by atoms with van der Waals surface area (Å²) < 4.78 is 7.52. The van der Waals surface area contributed by atoms with Crippen LogP contribution in [0.15, 0.2) is 30.7 Å². The number of pyridine rings is 2. The van der Waals surface area contributed by atoms with Crippen molar-refractivity contribution in [2.45, 2.75) is 157 Å². The number of hydrogen-bond donors (Lipinski definition) is 3. The number of piperazine rings is 3. The van der Waals surface area contributed by atoms with Crippen molar-refractivity contribution in [3.63, 3.8) is 0 Å². The highest BCUT2D eigenvalue weighted by atomic mass is 15.3. The van der Waals surface area contributed by atoms with E-state index in [1.165, 1.54) is 61.3 Å². The number of aryl methyl sites for hydroxylation is 3. The van der Waals surface area contributed by atoms with Crippen LogP contribution in [0.5, 0.6) is 0 Å². The molecule has 6 aliphatic rings.